The van der Waals surface area contributed by atoms with Crippen LogP contribution in [0.15, 0.2) is 65.5 Å². The van der Waals surface area contributed by atoms with Crippen molar-refractivity contribution in [3.8, 4) is 5.75 Å². The van der Waals surface area contributed by atoms with Crippen molar-refractivity contribution < 1.29 is 22.7 Å². The summed E-state index contributed by atoms with van der Waals surface area (Å²) in [6, 6.07) is 10.6. The smallest absolute Gasteiger partial charge is 0.277 e. The van der Waals surface area contributed by atoms with Gasteiger partial charge in [0.25, 0.3) is 5.91 Å². The van der Waals surface area contributed by atoms with Crippen LogP contribution in [-0.4, -0.2) is 25.9 Å². The lowest BCUT2D eigenvalue weighted by atomic mass is 10.1. The molecule has 1 N–H and O–H groups in total. The number of benzene rings is 2. The lowest BCUT2D eigenvalue weighted by molar-refractivity contribution is 0.102. The normalized spacial score (nSPS) is 10.8. The number of halogens is 2. The van der Waals surface area contributed by atoms with E-state index in [4.69, 9.17) is 9.15 Å². The molecule has 0 saturated carbocycles. The molecule has 8 nitrogen and oxygen atoms in total. The van der Waals surface area contributed by atoms with Crippen molar-refractivity contribution in [2.24, 2.45) is 0 Å². The SMILES string of the molecule is O=C(Nc1ccc(F)cc1F)c1coc(COc2ccc(CCCCn3ccnn3)cc2)n1. The Bertz CT molecular complexity index is 1190. The summed E-state index contributed by atoms with van der Waals surface area (Å²) in [7, 11) is 0. The number of aromatic nitrogens is 4. The van der Waals surface area contributed by atoms with Crippen LogP contribution >= 0.6 is 0 Å². The minimum absolute atomic E-state index is 0.0233. The Morgan fingerprint density at radius 3 is 2.73 bits per heavy atom. The summed E-state index contributed by atoms with van der Waals surface area (Å²) in [6.45, 7) is 0.867. The topological polar surface area (TPSA) is 95.1 Å². The first-order valence-corrected chi connectivity index (χ1v) is 10.3. The van der Waals surface area contributed by atoms with E-state index in [0.717, 1.165) is 44.2 Å². The highest BCUT2D eigenvalue weighted by atomic mass is 19.1. The molecule has 0 spiro atoms. The molecule has 4 aromatic rings. The number of hydrogen-bond acceptors (Lipinski definition) is 6. The second-order valence-electron chi connectivity index (χ2n) is 7.26. The van der Waals surface area contributed by atoms with Gasteiger partial charge in [0.2, 0.25) is 5.89 Å². The zero-order chi connectivity index (χ0) is 23.0. The van der Waals surface area contributed by atoms with Gasteiger partial charge in [-0.2, -0.15) is 0 Å². The molecule has 0 atom stereocenters. The predicted molar refractivity (Wildman–Crippen MR) is 115 cm³/mol. The van der Waals surface area contributed by atoms with E-state index in [1.807, 2.05) is 35.1 Å². The molecule has 10 heteroatoms. The Labute approximate surface area is 188 Å². The predicted octanol–water partition coefficient (Wildman–Crippen LogP) is 4.40. The molecule has 0 saturated heterocycles. The Kier molecular flexibility index (Phi) is 7.03. The van der Waals surface area contributed by atoms with E-state index in [0.29, 0.717) is 11.8 Å². The van der Waals surface area contributed by atoms with Crippen molar-refractivity contribution in [3.05, 3.63) is 89.9 Å². The van der Waals surface area contributed by atoms with Crippen LogP contribution in [0.1, 0.15) is 34.8 Å². The van der Waals surface area contributed by atoms with Gasteiger partial charge in [0, 0.05) is 18.8 Å². The Hall–Kier alpha value is -4.08. The van der Waals surface area contributed by atoms with Crippen LogP contribution in [0.25, 0.3) is 0 Å². The van der Waals surface area contributed by atoms with Crippen molar-refractivity contribution in [2.45, 2.75) is 32.4 Å². The summed E-state index contributed by atoms with van der Waals surface area (Å²) in [5, 5.41) is 10.0. The van der Waals surface area contributed by atoms with Gasteiger partial charge >= 0.3 is 0 Å². The number of unbranched alkanes of at least 4 members (excludes halogenated alkanes) is 1. The second-order valence-corrected chi connectivity index (χ2v) is 7.26. The van der Waals surface area contributed by atoms with Gasteiger partial charge in [-0.15, -0.1) is 5.10 Å². The maximum Gasteiger partial charge on any atom is 0.277 e. The van der Waals surface area contributed by atoms with E-state index in [-0.39, 0.29) is 23.9 Å². The molecule has 0 bridgehead atoms. The van der Waals surface area contributed by atoms with E-state index in [2.05, 4.69) is 20.6 Å². The minimum atomic E-state index is -0.881. The summed E-state index contributed by atoms with van der Waals surface area (Å²) in [5.41, 5.74) is 1.00. The Morgan fingerprint density at radius 2 is 1.97 bits per heavy atom. The Balaban J connectivity index is 1.22. The lowest BCUT2D eigenvalue weighted by Crippen LogP contribution is -2.13. The number of anilines is 1. The number of amides is 1. The molecular weight excluding hydrogens is 432 g/mol. The molecule has 0 aliphatic carbocycles. The van der Waals surface area contributed by atoms with Gasteiger partial charge in [0.15, 0.2) is 12.3 Å². The summed E-state index contributed by atoms with van der Waals surface area (Å²) < 4.78 is 39.4. The number of carbonyl (C=O) groups is 1. The molecule has 0 aliphatic heterocycles. The monoisotopic (exact) mass is 453 g/mol. The zero-order valence-corrected chi connectivity index (χ0v) is 17.6. The van der Waals surface area contributed by atoms with Gasteiger partial charge in [0.1, 0.15) is 23.6 Å². The molecule has 0 unspecified atom stereocenters. The molecule has 4 rings (SSSR count). The fourth-order valence-corrected chi connectivity index (χ4v) is 3.11. The highest BCUT2D eigenvalue weighted by Gasteiger charge is 2.15. The van der Waals surface area contributed by atoms with Crippen LogP contribution < -0.4 is 10.1 Å². The third-order valence-electron chi connectivity index (χ3n) is 4.82. The number of nitrogens with one attached hydrogen (secondary N) is 1. The molecule has 33 heavy (non-hydrogen) atoms. The second kappa shape index (κ2) is 10.5. The largest absolute Gasteiger partial charge is 0.484 e. The molecule has 0 aliphatic rings. The van der Waals surface area contributed by atoms with Gasteiger partial charge in [-0.1, -0.05) is 17.3 Å². The number of ether oxygens (including phenoxy) is 1. The molecule has 170 valence electrons. The van der Waals surface area contributed by atoms with E-state index in [1.165, 1.54) is 5.56 Å². The third-order valence-corrected chi connectivity index (χ3v) is 4.82. The third kappa shape index (κ3) is 6.22. The quantitative estimate of drug-likeness (QED) is 0.358. The van der Waals surface area contributed by atoms with Crippen molar-refractivity contribution in [3.63, 3.8) is 0 Å². The molecule has 1 amide bonds. The number of aryl methyl sites for hydroxylation is 2. The van der Waals surface area contributed by atoms with Crippen LogP contribution in [0.5, 0.6) is 5.75 Å². The van der Waals surface area contributed by atoms with Crippen LogP contribution in [0, 0.1) is 11.6 Å². The van der Waals surface area contributed by atoms with Crippen molar-refractivity contribution in [1.82, 2.24) is 20.0 Å². The fraction of sp³-hybridized carbons (Fsp3) is 0.217. The summed E-state index contributed by atoms with van der Waals surface area (Å²) >= 11 is 0. The highest BCUT2D eigenvalue weighted by molar-refractivity contribution is 6.02. The molecular formula is C23H21F2N5O3. The maximum atomic E-state index is 13.7. The first kappa shape index (κ1) is 22.1. The van der Waals surface area contributed by atoms with Crippen LogP contribution in [0.2, 0.25) is 0 Å². The fourth-order valence-electron chi connectivity index (χ4n) is 3.11. The molecule has 2 heterocycles. The van der Waals surface area contributed by atoms with Crippen molar-refractivity contribution >= 4 is 11.6 Å². The average Bonchev–Trinajstić information content (AvgIpc) is 3.50. The highest BCUT2D eigenvalue weighted by Crippen LogP contribution is 2.18. The van der Waals surface area contributed by atoms with E-state index in [9.17, 15) is 13.6 Å². The summed E-state index contributed by atoms with van der Waals surface area (Å²) in [4.78, 5) is 16.3. The number of rotatable bonds is 10. The van der Waals surface area contributed by atoms with Crippen molar-refractivity contribution in [1.29, 1.82) is 0 Å². The van der Waals surface area contributed by atoms with Crippen LogP contribution in [0.4, 0.5) is 14.5 Å². The van der Waals surface area contributed by atoms with E-state index in [1.54, 1.807) is 6.20 Å². The van der Waals surface area contributed by atoms with E-state index >= 15 is 0 Å². The minimum Gasteiger partial charge on any atom is -0.484 e. The van der Waals surface area contributed by atoms with Gasteiger partial charge < -0.3 is 14.5 Å². The van der Waals surface area contributed by atoms with E-state index < -0.39 is 17.5 Å². The first-order chi connectivity index (χ1) is 16.1. The number of hydrogen-bond donors (Lipinski definition) is 1. The van der Waals surface area contributed by atoms with Gasteiger partial charge in [-0.05, 0) is 49.1 Å². The van der Waals surface area contributed by atoms with Crippen LogP contribution in [0.3, 0.4) is 0 Å². The maximum absolute atomic E-state index is 13.7. The zero-order valence-electron chi connectivity index (χ0n) is 17.6. The van der Waals surface area contributed by atoms with Gasteiger partial charge in [-0.3, -0.25) is 9.48 Å². The standard InChI is InChI=1S/C23H21F2N5O3/c24-17-6-9-20(19(25)13-17)28-23(31)21-14-33-22(27-21)15-32-18-7-4-16(5-8-18)3-1-2-11-30-12-10-26-29-30/h4-10,12-14H,1-3,11,15H2,(H,28,31). The number of oxazole rings is 1. The molecule has 0 radical (unpaired) electrons. The summed E-state index contributed by atoms with van der Waals surface area (Å²) in [6.07, 6.45) is 7.65. The number of nitrogens with zero attached hydrogens (tertiary/aromatic N) is 4. The number of carbonyl (C=O) groups excluding carboxylic acids is 1. The lowest BCUT2D eigenvalue weighted by Gasteiger charge is -2.06. The van der Waals surface area contributed by atoms with Crippen molar-refractivity contribution in [2.75, 3.05) is 5.32 Å². The van der Waals surface area contributed by atoms with Gasteiger partial charge in [0.05, 0.1) is 11.9 Å². The van der Waals surface area contributed by atoms with Crippen LogP contribution in [-0.2, 0) is 19.6 Å². The molecule has 2 aromatic heterocycles. The molecule has 2 aromatic carbocycles. The summed E-state index contributed by atoms with van der Waals surface area (Å²) in [5.74, 6) is -1.46. The first-order valence-electron chi connectivity index (χ1n) is 10.3. The average molecular weight is 453 g/mol. The molecule has 0 fully saturated rings. The Morgan fingerprint density at radius 1 is 1.12 bits per heavy atom. The van der Waals surface area contributed by atoms with Gasteiger partial charge in [-0.25, -0.2) is 13.8 Å².